The maximum Gasteiger partial charge on any atom is 0.409 e. The van der Waals surface area contributed by atoms with Gasteiger partial charge in [0.1, 0.15) is 0 Å². The Labute approximate surface area is 51.0 Å². The minimum Gasteiger partial charge on any atom is -0.167 e. The van der Waals surface area contributed by atoms with E-state index in [4.69, 9.17) is 0 Å². The Morgan fingerprint density at radius 3 is 2.22 bits per heavy atom. The fraction of sp³-hybridized carbons (Fsp3) is 0.167. The summed E-state index contributed by atoms with van der Waals surface area (Å²) in [6.07, 6.45) is -2.18. The summed E-state index contributed by atoms with van der Waals surface area (Å²) in [5.41, 5.74) is 2.18. The molecule has 0 atom stereocenters. The van der Waals surface area contributed by atoms with E-state index >= 15 is 0 Å². The van der Waals surface area contributed by atoms with Crippen molar-refractivity contribution in [3.05, 3.63) is 30.5 Å². The van der Waals surface area contributed by atoms with Gasteiger partial charge in [-0.25, -0.2) is 0 Å². The third-order valence-corrected chi connectivity index (χ3v) is 0.499. The van der Waals surface area contributed by atoms with Gasteiger partial charge in [0.2, 0.25) is 0 Å². The first-order valence-corrected chi connectivity index (χ1v) is 2.16. The van der Waals surface area contributed by atoms with E-state index in [0.29, 0.717) is 0 Å². The van der Waals surface area contributed by atoms with E-state index in [-0.39, 0.29) is 6.08 Å². The first-order valence-electron chi connectivity index (χ1n) is 2.16. The largest absolute Gasteiger partial charge is 0.409 e. The SMILES string of the molecule is C=C=CC=CC(F)(F)F. The van der Waals surface area contributed by atoms with Crippen LogP contribution in [0.5, 0.6) is 0 Å². The standard InChI is InChI=1S/C6H5F3/c1-2-3-4-5-6(7,8)9/h3-5H,1H2. The second-order valence-corrected chi connectivity index (χ2v) is 1.27. The summed E-state index contributed by atoms with van der Waals surface area (Å²) in [6.45, 7) is 3.08. The van der Waals surface area contributed by atoms with Gasteiger partial charge >= 0.3 is 6.18 Å². The van der Waals surface area contributed by atoms with Crippen molar-refractivity contribution in [1.82, 2.24) is 0 Å². The molecule has 0 radical (unpaired) electrons. The van der Waals surface area contributed by atoms with Crippen LogP contribution in [-0.2, 0) is 0 Å². The van der Waals surface area contributed by atoms with Gasteiger partial charge in [-0.05, 0) is 12.2 Å². The topological polar surface area (TPSA) is 0 Å². The molecule has 0 spiro atoms. The lowest BCUT2D eigenvalue weighted by atomic mass is 10.5. The van der Waals surface area contributed by atoms with Crippen molar-refractivity contribution in [2.75, 3.05) is 0 Å². The van der Waals surface area contributed by atoms with Crippen LogP contribution < -0.4 is 0 Å². The molecule has 50 valence electrons. The second-order valence-electron chi connectivity index (χ2n) is 1.27. The minimum atomic E-state index is -4.23. The Hall–Kier alpha value is -0.950. The Morgan fingerprint density at radius 1 is 1.33 bits per heavy atom. The highest BCUT2D eigenvalue weighted by Gasteiger charge is 2.20. The number of allylic oxidation sites excluding steroid dienone is 3. The van der Waals surface area contributed by atoms with E-state index in [1.807, 2.05) is 0 Å². The summed E-state index contributed by atoms with van der Waals surface area (Å²) in [5, 5.41) is 0. The lowest BCUT2D eigenvalue weighted by Gasteiger charge is -1.93. The van der Waals surface area contributed by atoms with Crippen LogP contribution in [0.15, 0.2) is 30.5 Å². The molecule has 0 bridgehead atoms. The zero-order valence-electron chi connectivity index (χ0n) is 4.57. The van der Waals surface area contributed by atoms with E-state index in [9.17, 15) is 13.2 Å². The Kier molecular flexibility index (Phi) is 2.82. The predicted molar refractivity (Wildman–Crippen MR) is 28.9 cm³/mol. The molecule has 0 unspecified atom stereocenters. The van der Waals surface area contributed by atoms with Gasteiger partial charge in [0.15, 0.2) is 0 Å². The van der Waals surface area contributed by atoms with Gasteiger partial charge in [-0.2, -0.15) is 13.2 Å². The van der Waals surface area contributed by atoms with Gasteiger partial charge in [0.05, 0.1) is 0 Å². The Bertz CT molecular complexity index is 146. The Balaban J connectivity index is 3.85. The average Bonchev–Trinajstić information content (AvgIpc) is 1.63. The molecule has 0 N–H and O–H groups in total. The molecule has 0 amide bonds. The minimum absolute atomic E-state index is 0.116. The Morgan fingerprint density at radius 2 is 1.89 bits per heavy atom. The van der Waals surface area contributed by atoms with Crippen LogP contribution >= 0.6 is 0 Å². The molecule has 0 aliphatic carbocycles. The predicted octanol–water partition coefficient (Wildman–Crippen LogP) is 2.45. The molecule has 9 heavy (non-hydrogen) atoms. The van der Waals surface area contributed by atoms with Crippen LogP contribution in [0.25, 0.3) is 0 Å². The van der Waals surface area contributed by atoms with E-state index < -0.39 is 6.18 Å². The summed E-state index contributed by atoms with van der Waals surface area (Å²) in [6, 6.07) is 0. The highest BCUT2D eigenvalue weighted by Crippen LogP contribution is 2.15. The number of hydrogen-bond acceptors (Lipinski definition) is 0. The molecule has 0 aliphatic heterocycles. The fourth-order valence-electron chi connectivity index (χ4n) is 0.225. The van der Waals surface area contributed by atoms with Gasteiger partial charge in [0.25, 0.3) is 0 Å². The zero-order valence-corrected chi connectivity index (χ0v) is 4.57. The molecule has 0 saturated heterocycles. The quantitative estimate of drug-likeness (QED) is 0.381. The van der Waals surface area contributed by atoms with Gasteiger partial charge < -0.3 is 0 Å². The van der Waals surface area contributed by atoms with Crippen LogP contribution in [0.2, 0.25) is 0 Å². The molecule has 0 saturated carbocycles. The number of halogens is 3. The van der Waals surface area contributed by atoms with Crippen LogP contribution in [0.4, 0.5) is 13.2 Å². The first kappa shape index (κ1) is 8.05. The monoisotopic (exact) mass is 134 g/mol. The van der Waals surface area contributed by atoms with Crippen molar-refractivity contribution in [2.45, 2.75) is 6.18 Å². The van der Waals surface area contributed by atoms with Crippen molar-refractivity contribution < 1.29 is 13.2 Å². The summed E-state index contributed by atoms with van der Waals surface area (Å²) in [7, 11) is 0. The molecule has 0 fully saturated rings. The molecule has 0 rings (SSSR count). The molecule has 0 aromatic carbocycles. The van der Waals surface area contributed by atoms with Crippen LogP contribution in [0.3, 0.4) is 0 Å². The van der Waals surface area contributed by atoms with Crippen molar-refractivity contribution in [3.8, 4) is 0 Å². The van der Waals surface area contributed by atoms with Gasteiger partial charge in [-0.15, -0.1) is 5.73 Å². The summed E-state index contributed by atoms with van der Waals surface area (Å²) in [5.74, 6) is 0. The van der Waals surface area contributed by atoms with Crippen molar-refractivity contribution in [2.24, 2.45) is 0 Å². The van der Waals surface area contributed by atoms with Gasteiger partial charge in [-0.3, -0.25) is 0 Å². The number of hydrogen-bond donors (Lipinski definition) is 0. The lowest BCUT2D eigenvalue weighted by molar-refractivity contribution is -0.0798. The van der Waals surface area contributed by atoms with Gasteiger partial charge in [0, 0.05) is 6.08 Å². The van der Waals surface area contributed by atoms with Crippen molar-refractivity contribution >= 4 is 0 Å². The van der Waals surface area contributed by atoms with Crippen molar-refractivity contribution in [3.63, 3.8) is 0 Å². The molecule has 0 aliphatic rings. The number of rotatable bonds is 1. The average molecular weight is 134 g/mol. The van der Waals surface area contributed by atoms with E-state index in [1.54, 1.807) is 0 Å². The molecular formula is C6H5F3. The third kappa shape index (κ3) is 7.05. The van der Waals surface area contributed by atoms with Crippen molar-refractivity contribution in [1.29, 1.82) is 0 Å². The highest BCUT2D eigenvalue weighted by molar-refractivity contribution is 5.03. The molecule has 3 heteroatoms. The van der Waals surface area contributed by atoms with Gasteiger partial charge in [-0.1, -0.05) is 6.58 Å². The summed E-state index contributed by atoms with van der Waals surface area (Å²) in [4.78, 5) is 0. The second kappa shape index (κ2) is 3.15. The van der Waals surface area contributed by atoms with Crippen LogP contribution in [0, 0.1) is 0 Å². The zero-order chi connectivity index (χ0) is 7.33. The lowest BCUT2D eigenvalue weighted by Crippen LogP contribution is -1.99. The summed E-state index contributed by atoms with van der Waals surface area (Å²) >= 11 is 0. The first-order chi connectivity index (χ1) is 4.06. The number of alkyl halides is 3. The normalized spacial score (nSPS) is 11.4. The third-order valence-electron chi connectivity index (χ3n) is 0.499. The maximum absolute atomic E-state index is 11.2. The maximum atomic E-state index is 11.2. The van der Waals surface area contributed by atoms with E-state index in [2.05, 4.69) is 12.3 Å². The molecule has 0 heterocycles. The highest BCUT2D eigenvalue weighted by atomic mass is 19.4. The van der Waals surface area contributed by atoms with E-state index in [1.165, 1.54) is 0 Å². The smallest absolute Gasteiger partial charge is 0.167 e. The molecule has 0 aromatic rings. The van der Waals surface area contributed by atoms with Crippen LogP contribution in [0.1, 0.15) is 0 Å². The van der Waals surface area contributed by atoms with E-state index in [0.717, 1.165) is 12.2 Å². The molecular weight excluding hydrogens is 129 g/mol. The van der Waals surface area contributed by atoms with Crippen LogP contribution in [-0.4, -0.2) is 6.18 Å². The molecule has 0 aromatic heterocycles. The summed E-state index contributed by atoms with van der Waals surface area (Å²) < 4.78 is 33.7. The fourth-order valence-corrected chi connectivity index (χ4v) is 0.225. The molecule has 0 nitrogen and oxygen atoms in total.